The molecule has 3 nitrogen and oxygen atoms in total. The molecule has 27 heavy (non-hydrogen) atoms. The smallest absolute Gasteiger partial charge is 0.0535 e. The summed E-state index contributed by atoms with van der Waals surface area (Å²) in [5, 5.41) is 2.18. The van der Waals surface area contributed by atoms with Crippen LogP contribution in [0.2, 0.25) is 0 Å². The summed E-state index contributed by atoms with van der Waals surface area (Å²) in [6.45, 7) is 12.8. The van der Waals surface area contributed by atoms with Crippen molar-refractivity contribution in [1.82, 2.24) is 9.88 Å². The fourth-order valence-corrected chi connectivity index (χ4v) is 4.98. The Labute approximate surface area is 168 Å². The van der Waals surface area contributed by atoms with Gasteiger partial charge in [0.15, 0.2) is 0 Å². The molecule has 1 fully saturated rings. The first-order valence-electron chi connectivity index (χ1n) is 10.2. The molecular formula is C23H34N2OS. The molecule has 0 unspecified atom stereocenters. The first-order valence-corrected chi connectivity index (χ1v) is 11.1. The molecule has 0 radical (unpaired) electrons. The van der Waals surface area contributed by atoms with E-state index >= 15 is 0 Å². The van der Waals surface area contributed by atoms with E-state index in [1.807, 2.05) is 18.3 Å². The molecule has 1 atom stereocenters. The van der Waals surface area contributed by atoms with E-state index in [2.05, 4.69) is 66.5 Å². The molecule has 4 heteroatoms. The van der Waals surface area contributed by atoms with Crippen molar-refractivity contribution in [2.24, 2.45) is 5.41 Å². The first kappa shape index (κ1) is 20.5. The van der Waals surface area contributed by atoms with Crippen LogP contribution in [-0.4, -0.2) is 36.2 Å². The van der Waals surface area contributed by atoms with Gasteiger partial charge in [-0.1, -0.05) is 12.1 Å². The third-order valence-corrected chi connectivity index (χ3v) is 7.11. The molecule has 148 valence electrons. The topological polar surface area (TPSA) is 25.4 Å². The molecule has 1 saturated heterocycles. The lowest BCUT2D eigenvalue weighted by Gasteiger charge is -2.38. The number of ether oxygens (including phenoxy) is 1. The largest absolute Gasteiger partial charge is 0.381 e. The van der Waals surface area contributed by atoms with Crippen LogP contribution >= 0.6 is 11.3 Å². The van der Waals surface area contributed by atoms with Gasteiger partial charge >= 0.3 is 0 Å². The average Bonchev–Trinajstić information content (AvgIpc) is 3.31. The van der Waals surface area contributed by atoms with Gasteiger partial charge in [-0.05, 0) is 83.0 Å². The van der Waals surface area contributed by atoms with E-state index in [9.17, 15) is 0 Å². The Hall–Kier alpha value is -1.23. The third-order valence-electron chi connectivity index (χ3n) is 6.17. The van der Waals surface area contributed by atoms with Gasteiger partial charge in [0.1, 0.15) is 0 Å². The summed E-state index contributed by atoms with van der Waals surface area (Å²) in [7, 11) is 0. The molecular weight excluding hydrogens is 352 g/mol. The second-order valence-corrected chi connectivity index (χ2v) is 9.52. The number of thiophene rings is 1. The fourth-order valence-electron chi connectivity index (χ4n) is 4.23. The van der Waals surface area contributed by atoms with Gasteiger partial charge in [-0.25, -0.2) is 0 Å². The fraction of sp³-hybridized carbons (Fsp3) is 0.609. The van der Waals surface area contributed by atoms with Gasteiger partial charge in [0.2, 0.25) is 0 Å². The van der Waals surface area contributed by atoms with Gasteiger partial charge in [0.25, 0.3) is 0 Å². The monoisotopic (exact) mass is 386 g/mol. The summed E-state index contributed by atoms with van der Waals surface area (Å²) in [4.78, 5) is 8.68. The molecule has 0 aliphatic carbocycles. The predicted molar refractivity (Wildman–Crippen MR) is 114 cm³/mol. The first-order chi connectivity index (χ1) is 13.0. The zero-order valence-corrected chi connectivity index (χ0v) is 18.1. The van der Waals surface area contributed by atoms with Crippen molar-refractivity contribution >= 4 is 11.3 Å². The summed E-state index contributed by atoms with van der Waals surface area (Å²) < 4.78 is 5.95. The molecule has 3 heterocycles. The highest BCUT2D eigenvalue weighted by atomic mass is 32.1. The second kappa shape index (κ2) is 8.85. The second-order valence-electron chi connectivity index (χ2n) is 8.49. The van der Waals surface area contributed by atoms with Crippen LogP contribution in [0.15, 0.2) is 35.8 Å². The minimum absolute atomic E-state index is 0.00240. The molecule has 1 aliphatic rings. The highest BCUT2D eigenvalue weighted by Crippen LogP contribution is 2.42. The Morgan fingerprint density at radius 3 is 2.81 bits per heavy atom. The highest BCUT2D eigenvalue weighted by Gasteiger charge is 2.43. The van der Waals surface area contributed by atoms with Gasteiger partial charge in [0, 0.05) is 40.9 Å². The standard InChI is InChI=1S/C23H34N2OS/c1-5-26-18-23(12-6-8-21-9-7-15-27-21)13-14-25(17-23)22(3,4)20-11-10-19(2)24-16-20/h7,9-11,15-16H,5-6,8,12-14,17-18H2,1-4H3/t23-/m1/s1. The number of hydrogen-bond donors (Lipinski definition) is 0. The molecule has 0 amide bonds. The Morgan fingerprint density at radius 2 is 2.15 bits per heavy atom. The summed E-state index contributed by atoms with van der Waals surface area (Å²) in [6.07, 6.45) is 6.95. The van der Waals surface area contributed by atoms with Crippen LogP contribution in [-0.2, 0) is 16.7 Å². The van der Waals surface area contributed by atoms with E-state index in [0.29, 0.717) is 0 Å². The minimum atomic E-state index is 0.00240. The van der Waals surface area contributed by atoms with Crippen LogP contribution in [0.25, 0.3) is 0 Å². The normalized spacial score (nSPS) is 21.0. The van der Waals surface area contributed by atoms with Crippen molar-refractivity contribution < 1.29 is 4.74 Å². The van der Waals surface area contributed by atoms with Crippen molar-refractivity contribution in [2.45, 2.75) is 58.9 Å². The van der Waals surface area contributed by atoms with Gasteiger partial charge in [-0.15, -0.1) is 11.3 Å². The highest BCUT2D eigenvalue weighted by molar-refractivity contribution is 7.09. The number of pyridine rings is 1. The number of rotatable bonds is 9. The number of hydrogen-bond acceptors (Lipinski definition) is 4. The average molecular weight is 387 g/mol. The minimum Gasteiger partial charge on any atom is -0.381 e. The molecule has 0 aromatic carbocycles. The Kier molecular flexibility index (Phi) is 6.72. The maximum Gasteiger partial charge on any atom is 0.0535 e. The maximum absolute atomic E-state index is 5.95. The van der Waals surface area contributed by atoms with Gasteiger partial charge in [0.05, 0.1) is 6.61 Å². The quantitative estimate of drug-likeness (QED) is 0.574. The van der Waals surface area contributed by atoms with Crippen LogP contribution in [0.3, 0.4) is 0 Å². The number of likely N-dealkylation sites (tertiary alicyclic amines) is 1. The van der Waals surface area contributed by atoms with Crippen molar-refractivity contribution in [2.75, 3.05) is 26.3 Å². The lowest BCUT2D eigenvalue weighted by atomic mass is 9.82. The lowest BCUT2D eigenvalue weighted by Crippen LogP contribution is -2.42. The van der Waals surface area contributed by atoms with Gasteiger partial charge in [-0.2, -0.15) is 0 Å². The van der Waals surface area contributed by atoms with Crippen LogP contribution in [0.1, 0.15) is 56.2 Å². The van der Waals surface area contributed by atoms with Crippen LogP contribution in [0.4, 0.5) is 0 Å². The third kappa shape index (κ3) is 4.98. The van der Waals surface area contributed by atoms with E-state index in [1.54, 1.807) is 0 Å². The van der Waals surface area contributed by atoms with E-state index < -0.39 is 0 Å². The Bertz CT molecular complexity index is 696. The summed E-state index contributed by atoms with van der Waals surface area (Å²) in [5.41, 5.74) is 2.67. The SMILES string of the molecule is CCOC[C@]1(CCCc2cccs2)CCN(C(C)(C)c2ccc(C)nc2)C1. The number of aromatic nitrogens is 1. The van der Waals surface area contributed by atoms with E-state index in [0.717, 1.165) is 32.0 Å². The molecule has 1 aliphatic heterocycles. The zero-order chi connectivity index (χ0) is 19.3. The molecule has 0 bridgehead atoms. The summed E-state index contributed by atoms with van der Waals surface area (Å²) >= 11 is 1.88. The summed E-state index contributed by atoms with van der Waals surface area (Å²) in [5.74, 6) is 0. The van der Waals surface area contributed by atoms with Gasteiger partial charge in [-0.3, -0.25) is 9.88 Å². The van der Waals surface area contributed by atoms with Gasteiger partial charge < -0.3 is 4.74 Å². The molecule has 0 N–H and O–H groups in total. The van der Waals surface area contributed by atoms with Crippen molar-refractivity contribution in [3.63, 3.8) is 0 Å². The van der Waals surface area contributed by atoms with Crippen molar-refractivity contribution in [3.05, 3.63) is 52.0 Å². The van der Waals surface area contributed by atoms with Crippen LogP contribution < -0.4 is 0 Å². The Morgan fingerprint density at radius 1 is 1.30 bits per heavy atom. The molecule has 3 rings (SSSR count). The number of nitrogens with zero attached hydrogens (tertiary/aromatic N) is 2. The molecule has 0 spiro atoms. The molecule has 2 aromatic rings. The van der Waals surface area contributed by atoms with E-state index in [-0.39, 0.29) is 11.0 Å². The van der Waals surface area contributed by atoms with Crippen molar-refractivity contribution in [1.29, 1.82) is 0 Å². The van der Waals surface area contributed by atoms with E-state index in [4.69, 9.17) is 4.74 Å². The molecule has 2 aromatic heterocycles. The molecule has 0 saturated carbocycles. The van der Waals surface area contributed by atoms with Crippen LogP contribution in [0, 0.1) is 12.3 Å². The lowest BCUT2D eigenvalue weighted by molar-refractivity contribution is 0.0372. The van der Waals surface area contributed by atoms with Crippen LogP contribution in [0.5, 0.6) is 0 Å². The van der Waals surface area contributed by atoms with E-state index in [1.165, 1.54) is 36.1 Å². The maximum atomic E-state index is 5.95. The zero-order valence-electron chi connectivity index (χ0n) is 17.3. The van der Waals surface area contributed by atoms with Crippen molar-refractivity contribution in [3.8, 4) is 0 Å². The number of aryl methyl sites for hydroxylation is 2. The summed E-state index contributed by atoms with van der Waals surface area (Å²) in [6, 6.07) is 8.78. The predicted octanol–water partition coefficient (Wildman–Crippen LogP) is 5.44. The Balaban J connectivity index is 1.67.